The lowest BCUT2D eigenvalue weighted by atomic mass is 10.1. The van der Waals surface area contributed by atoms with E-state index in [1.54, 1.807) is 37.5 Å². The van der Waals surface area contributed by atoms with Crippen LogP contribution in [0.25, 0.3) is 0 Å². The molecule has 0 unspecified atom stereocenters. The van der Waals surface area contributed by atoms with Gasteiger partial charge < -0.3 is 10.4 Å². The summed E-state index contributed by atoms with van der Waals surface area (Å²) in [6, 6.07) is 6.56. The van der Waals surface area contributed by atoms with E-state index in [1.165, 1.54) is 10.7 Å². The normalized spacial score (nSPS) is 10.2. The maximum Gasteiger partial charge on any atom is 0.337 e. The minimum atomic E-state index is -1.07. The lowest BCUT2D eigenvalue weighted by molar-refractivity contribution is -0.116. The molecule has 2 rings (SSSR count). The zero-order valence-corrected chi connectivity index (χ0v) is 10.3. The summed E-state index contributed by atoms with van der Waals surface area (Å²) in [6.07, 6.45) is 3.23. The van der Waals surface area contributed by atoms with Crippen molar-refractivity contribution in [1.82, 2.24) is 9.78 Å². The van der Waals surface area contributed by atoms with Crippen LogP contribution in [0.4, 0.5) is 5.69 Å². The lowest BCUT2D eigenvalue weighted by Gasteiger charge is -2.09. The van der Waals surface area contributed by atoms with Crippen LogP contribution in [0.15, 0.2) is 36.7 Å². The molecule has 0 radical (unpaired) electrons. The summed E-state index contributed by atoms with van der Waals surface area (Å²) in [7, 11) is 0. The van der Waals surface area contributed by atoms with Gasteiger partial charge in [-0.05, 0) is 25.1 Å². The molecule has 0 aliphatic carbocycles. The molecule has 0 atom stereocenters. The molecular weight excluding hydrogens is 246 g/mol. The summed E-state index contributed by atoms with van der Waals surface area (Å²) in [6.45, 7) is 1.84. The number of nitrogens with one attached hydrogen (secondary N) is 1. The Hall–Kier alpha value is -2.63. The monoisotopic (exact) mass is 259 g/mol. The summed E-state index contributed by atoms with van der Waals surface area (Å²) < 4.78 is 1.46. The van der Waals surface area contributed by atoms with Crippen molar-refractivity contribution in [3.63, 3.8) is 0 Å². The number of amides is 1. The Labute approximate surface area is 109 Å². The molecule has 1 heterocycles. The van der Waals surface area contributed by atoms with Crippen LogP contribution in [-0.2, 0) is 11.3 Å². The summed E-state index contributed by atoms with van der Waals surface area (Å²) in [5, 5.41) is 15.6. The van der Waals surface area contributed by atoms with Crippen molar-refractivity contribution in [3.05, 3.63) is 47.8 Å². The quantitative estimate of drug-likeness (QED) is 0.872. The SMILES string of the molecule is Cc1ccc(NC(=O)Cn2cccn2)c(C(=O)O)c1. The van der Waals surface area contributed by atoms with Crippen LogP contribution in [-0.4, -0.2) is 26.8 Å². The minimum Gasteiger partial charge on any atom is -0.478 e. The molecule has 0 saturated heterocycles. The second kappa shape index (κ2) is 5.34. The number of carbonyl (C=O) groups excluding carboxylic acids is 1. The first-order valence-corrected chi connectivity index (χ1v) is 5.67. The average Bonchev–Trinajstić information content (AvgIpc) is 2.83. The van der Waals surface area contributed by atoms with E-state index in [0.717, 1.165) is 5.56 Å². The molecule has 19 heavy (non-hydrogen) atoms. The summed E-state index contributed by atoms with van der Waals surface area (Å²) >= 11 is 0. The molecule has 0 saturated carbocycles. The first kappa shape index (κ1) is 12.8. The maximum absolute atomic E-state index is 11.8. The molecule has 1 amide bonds. The standard InChI is InChI=1S/C13H13N3O3/c1-9-3-4-11(10(7-9)13(18)19)15-12(17)8-16-6-2-5-14-16/h2-7H,8H2,1H3,(H,15,17)(H,18,19). The number of benzene rings is 1. The third kappa shape index (κ3) is 3.19. The van der Waals surface area contributed by atoms with Crippen molar-refractivity contribution in [2.75, 3.05) is 5.32 Å². The van der Waals surface area contributed by atoms with E-state index in [4.69, 9.17) is 5.11 Å². The molecule has 1 aromatic carbocycles. The number of carboxylic acids is 1. The van der Waals surface area contributed by atoms with Gasteiger partial charge in [0, 0.05) is 12.4 Å². The van der Waals surface area contributed by atoms with Crippen molar-refractivity contribution in [2.45, 2.75) is 13.5 Å². The van der Waals surface area contributed by atoms with E-state index in [-0.39, 0.29) is 23.7 Å². The third-order valence-corrected chi connectivity index (χ3v) is 2.54. The molecule has 0 aliphatic heterocycles. The van der Waals surface area contributed by atoms with E-state index < -0.39 is 5.97 Å². The number of rotatable bonds is 4. The van der Waals surface area contributed by atoms with Crippen molar-refractivity contribution in [1.29, 1.82) is 0 Å². The van der Waals surface area contributed by atoms with Gasteiger partial charge in [-0.25, -0.2) is 4.79 Å². The molecule has 2 aromatic rings. The average molecular weight is 259 g/mol. The van der Waals surface area contributed by atoms with Crippen molar-refractivity contribution in [3.8, 4) is 0 Å². The Bertz CT molecular complexity index is 606. The molecule has 6 heteroatoms. The van der Waals surface area contributed by atoms with Gasteiger partial charge in [-0.2, -0.15) is 5.10 Å². The highest BCUT2D eigenvalue weighted by Crippen LogP contribution is 2.17. The lowest BCUT2D eigenvalue weighted by Crippen LogP contribution is -2.20. The van der Waals surface area contributed by atoms with Gasteiger partial charge in [0.15, 0.2) is 0 Å². The number of hydrogen-bond donors (Lipinski definition) is 2. The van der Waals surface area contributed by atoms with Crippen molar-refractivity contribution >= 4 is 17.6 Å². The van der Waals surface area contributed by atoms with Crippen LogP contribution in [0.5, 0.6) is 0 Å². The second-order valence-corrected chi connectivity index (χ2v) is 4.11. The molecular formula is C13H13N3O3. The van der Waals surface area contributed by atoms with Gasteiger partial charge in [0.25, 0.3) is 0 Å². The number of nitrogens with zero attached hydrogens (tertiary/aromatic N) is 2. The van der Waals surface area contributed by atoms with Crippen molar-refractivity contribution in [2.24, 2.45) is 0 Å². The van der Waals surface area contributed by atoms with Gasteiger partial charge in [0.05, 0.1) is 11.3 Å². The van der Waals surface area contributed by atoms with E-state index >= 15 is 0 Å². The van der Waals surface area contributed by atoms with E-state index in [0.29, 0.717) is 0 Å². The van der Waals surface area contributed by atoms with E-state index in [9.17, 15) is 9.59 Å². The molecule has 2 N–H and O–H groups in total. The molecule has 6 nitrogen and oxygen atoms in total. The molecule has 1 aromatic heterocycles. The predicted molar refractivity (Wildman–Crippen MR) is 69.0 cm³/mol. The van der Waals surface area contributed by atoms with Crippen LogP contribution in [0, 0.1) is 6.92 Å². The van der Waals surface area contributed by atoms with Gasteiger partial charge >= 0.3 is 5.97 Å². The van der Waals surface area contributed by atoms with Crippen LogP contribution in [0.2, 0.25) is 0 Å². The Morgan fingerprint density at radius 2 is 2.21 bits per heavy atom. The summed E-state index contributed by atoms with van der Waals surface area (Å²) in [4.78, 5) is 22.9. The number of anilines is 1. The largest absolute Gasteiger partial charge is 0.478 e. The number of aromatic carboxylic acids is 1. The highest BCUT2D eigenvalue weighted by Gasteiger charge is 2.12. The van der Waals surface area contributed by atoms with Crippen LogP contribution >= 0.6 is 0 Å². The number of hydrogen-bond acceptors (Lipinski definition) is 3. The first-order chi connectivity index (χ1) is 9.06. The van der Waals surface area contributed by atoms with Crippen LogP contribution in [0.3, 0.4) is 0 Å². The van der Waals surface area contributed by atoms with E-state index in [1.807, 2.05) is 0 Å². The maximum atomic E-state index is 11.8. The summed E-state index contributed by atoms with van der Waals surface area (Å²) in [5.74, 6) is -1.40. The fraction of sp³-hybridized carbons (Fsp3) is 0.154. The number of carboxylic acid groups (broad SMARTS) is 1. The Balaban J connectivity index is 2.14. The zero-order valence-electron chi connectivity index (χ0n) is 10.3. The van der Waals surface area contributed by atoms with Crippen LogP contribution in [0.1, 0.15) is 15.9 Å². The Morgan fingerprint density at radius 1 is 1.42 bits per heavy atom. The fourth-order valence-corrected chi connectivity index (χ4v) is 1.67. The van der Waals surface area contributed by atoms with Crippen molar-refractivity contribution < 1.29 is 14.7 Å². The summed E-state index contributed by atoms with van der Waals surface area (Å²) in [5.41, 5.74) is 1.19. The third-order valence-electron chi connectivity index (χ3n) is 2.54. The Morgan fingerprint density at radius 3 is 2.84 bits per heavy atom. The first-order valence-electron chi connectivity index (χ1n) is 5.67. The molecule has 0 bridgehead atoms. The molecule has 0 aliphatic rings. The highest BCUT2D eigenvalue weighted by molar-refractivity contribution is 6.00. The van der Waals surface area contributed by atoms with E-state index in [2.05, 4.69) is 10.4 Å². The second-order valence-electron chi connectivity index (χ2n) is 4.11. The fourth-order valence-electron chi connectivity index (χ4n) is 1.67. The Kier molecular flexibility index (Phi) is 3.61. The predicted octanol–water partition coefficient (Wildman–Crippen LogP) is 1.53. The number of aryl methyl sites for hydroxylation is 1. The molecule has 0 spiro atoms. The van der Waals surface area contributed by atoms with Gasteiger partial charge in [-0.15, -0.1) is 0 Å². The van der Waals surface area contributed by atoms with Gasteiger partial charge in [0.2, 0.25) is 5.91 Å². The van der Waals surface area contributed by atoms with Gasteiger partial charge in [0.1, 0.15) is 6.54 Å². The smallest absolute Gasteiger partial charge is 0.337 e. The minimum absolute atomic E-state index is 0.0416. The van der Waals surface area contributed by atoms with Crippen LogP contribution < -0.4 is 5.32 Å². The number of aromatic nitrogens is 2. The zero-order chi connectivity index (χ0) is 13.8. The topological polar surface area (TPSA) is 84.2 Å². The molecule has 0 fully saturated rings. The highest BCUT2D eigenvalue weighted by atomic mass is 16.4. The molecule has 98 valence electrons. The van der Waals surface area contributed by atoms with Gasteiger partial charge in [-0.3, -0.25) is 9.48 Å². The number of carbonyl (C=O) groups is 2. The van der Waals surface area contributed by atoms with Gasteiger partial charge in [-0.1, -0.05) is 11.6 Å².